The molecule has 3 aliphatic heterocycles. The fraction of sp³-hybridized carbons (Fsp3) is 0.667. The number of benzene rings is 1. The zero-order valence-electron chi connectivity index (χ0n) is 21.3. The van der Waals surface area contributed by atoms with E-state index in [-0.39, 0.29) is 40.3 Å². The molecular formula is C27H38BrN3O4S. The van der Waals surface area contributed by atoms with Gasteiger partial charge in [-0.3, -0.25) is 14.4 Å². The van der Waals surface area contributed by atoms with Crippen LogP contribution in [0.5, 0.6) is 0 Å². The quantitative estimate of drug-likeness (QED) is 0.276. The number of unbranched alkanes of at least 4 members (excludes halogenated alkanes) is 1. The number of nitrogens with zero attached hydrogens (tertiary/aromatic N) is 1. The molecule has 3 N–H and O–H groups in total. The molecule has 7 nitrogen and oxygen atoms in total. The minimum Gasteiger partial charge on any atom is -0.394 e. The Morgan fingerprint density at radius 2 is 1.94 bits per heavy atom. The zero-order valence-corrected chi connectivity index (χ0v) is 23.7. The lowest BCUT2D eigenvalue weighted by molar-refractivity contribution is -0.143. The Morgan fingerprint density at radius 3 is 2.58 bits per heavy atom. The number of hydrogen-bond donors (Lipinski definition) is 3. The highest BCUT2D eigenvalue weighted by atomic mass is 79.9. The van der Waals surface area contributed by atoms with Gasteiger partial charge in [0.2, 0.25) is 17.7 Å². The van der Waals surface area contributed by atoms with E-state index in [4.69, 9.17) is 0 Å². The van der Waals surface area contributed by atoms with Crippen LogP contribution in [0.1, 0.15) is 52.0 Å². The van der Waals surface area contributed by atoms with Crippen LogP contribution in [-0.4, -0.2) is 67.8 Å². The van der Waals surface area contributed by atoms with E-state index < -0.39 is 28.7 Å². The van der Waals surface area contributed by atoms with Crippen LogP contribution in [0.15, 0.2) is 30.3 Å². The molecule has 1 spiro atoms. The monoisotopic (exact) mass is 579 g/mol. The minimum atomic E-state index is -0.708. The van der Waals surface area contributed by atoms with Crippen molar-refractivity contribution in [2.75, 3.05) is 13.2 Å². The standard InChI is InChI=1S/C27H38BrN3O4S/c1-4-6-12-29-25(34)23-27-13-18(28)22(36-27)20(24(33)30-14-17-10-8-7-9-11-17)21(27)26(35)31(23)19(15-32)16(3)5-2/h7-11,16,18-23,32H,4-6,12-15H2,1-3H3,(H,29,34)(H,30,33)/t16-,18?,19-,20-,21-,22-,23?,27?/m0/s1. The van der Waals surface area contributed by atoms with E-state index >= 15 is 0 Å². The first kappa shape index (κ1) is 27.5. The second-order valence-electron chi connectivity index (χ2n) is 10.4. The number of carbonyl (C=O) groups is 3. The Kier molecular flexibility index (Phi) is 8.72. The maximum Gasteiger partial charge on any atom is 0.244 e. The lowest BCUT2D eigenvalue weighted by atomic mass is 9.70. The summed E-state index contributed by atoms with van der Waals surface area (Å²) in [6.07, 6.45) is 3.23. The molecule has 3 aliphatic rings. The number of carbonyl (C=O) groups excluding carboxylic acids is 3. The van der Waals surface area contributed by atoms with Crippen LogP contribution < -0.4 is 10.6 Å². The summed E-state index contributed by atoms with van der Waals surface area (Å²) in [6, 6.07) is 8.54. The first-order chi connectivity index (χ1) is 17.3. The summed E-state index contributed by atoms with van der Waals surface area (Å²) >= 11 is 5.43. The summed E-state index contributed by atoms with van der Waals surface area (Å²) in [5.74, 6) is -1.57. The van der Waals surface area contributed by atoms with Crippen LogP contribution in [-0.2, 0) is 20.9 Å². The highest BCUT2D eigenvalue weighted by molar-refractivity contribution is 9.09. The van der Waals surface area contributed by atoms with Gasteiger partial charge in [0.1, 0.15) is 6.04 Å². The SMILES string of the molecule is CCCCNC(=O)C1N([C@@H](CO)[C@@H](C)CC)C(=O)[C@@H]2[C@H](C(=O)NCc3ccccc3)[C@H]3SC12CC3Br. The molecule has 8 atom stereocenters. The van der Waals surface area contributed by atoms with Crippen molar-refractivity contribution in [3.05, 3.63) is 35.9 Å². The van der Waals surface area contributed by atoms with E-state index in [9.17, 15) is 19.5 Å². The van der Waals surface area contributed by atoms with Crippen molar-refractivity contribution in [2.45, 2.75) is 79.9 Å². The Balaban J connectivity index is 1.67. The maximum absolute atomic E-state index is 14.2. The van der Waals surface area contributed by atoms with Crippen LogP contribution in [0.4, 0.5) is 0 Å². The largest absolute Gasteiger partial charge is 0.394 e. The van der Waals surface area contributed by atoms with Crippen molar-refractivity contribution < 1.29 is 19.5 Å². The van der Waals surface area contributed by atoms with Gasteiger partial charge in [-0.05, 0) is 24.3 Å². The number of amides is 3. The first-order valence-corrected chi connectivity index (χ1v) is 14.9. The van der Waals surface area contributed by atoms with Crippen molar-refractivity contribution in [3.63, 3.8) is 0 Å². The number of nitrogens with one attached hydrogen (secondary N) is 2. The third-order valence-corrected chi connectivity index (χ3v) is 11.5. The van der Waals surface area contributed by atoms with Gasteiger partial charge < -0.3 is 20.6 Å². The highest BCUT2D eigenvalue weighted by Crippen LogP contribution is 2.68. The van der Waals surface area contributed by atoms with Crippen molar-refractivity contribution in [1.29, 1.82) is 0 Å². The van der Waals surface area contributed by atoms with Gasteiger partial charge in [-0.1, -0.05) is 79.9 Å². The predicted molar refractivity (Wildman–Crippen MR) is 146 cm³/mol. The summed E-state index contributed by atoms with van der Waals surface area (Å²) in [5, 5.41) is 16.4. The lowest BCUT2D eigenvalue weighted by Crippen LogP contribution is -2.58. The summed E-state index contributed by atoms with van der Waals surface area (Å²) in [7, 11) is 0. The minimum absolute atomic E-state index is 0.0208. The maximum atomic E-state index is 14.2. The fourth-order valence-electron chi connectivity index (χ4n) is 6.23. The summed E-state index contributed by atoms with van der Waals surface area (Å²) < 4.78 is -0.693. The summed E-state index contributed by atoms with van der Waals surface area (Å²) in [6.45, 7) is 6.84. The topological polar surface area (TPSA) is 98.7 Å². The van der Waals surface area contributed by atoms with Crippen molar-refractivity contribution >= 4 is 45.4 Å². The Hall–Kier alpha value is -1.58. The van der Waals surface area contributed by atoms with Crippen LogP contribution in [0.3, 0.4) is 0 Å². The number of alkyl halides is 1. The molecule has 1 aromatic rings. The second kappa shape index (κ2) is 11.4. The average molecular weight is 581 g/mol. The zero-order chi connectivity index (χ0) is 26.0. The molecule has 1 aromatic carbocycles. The van der Waals surface area contributed by atoms with Crippen LogP contribution in [0.25, 0.3) is 0 Å². The smallest absolute Gasteiger partial charge is 0.244 e. The molecule has 2 bridgehead atoms. The molecule has 3 saturated heterocycles. The third-order valence-electron chi connectivity index (χ3n) is 8.26. The second-order valence-corrected chi connectivity index (χ2v) is 13.1. The predicted octanol–water partition coefficient (Wildman–Crippen LogP) is 3.09. The first-order valence-electron chi connectivity index (χ1n) is 13.1. The Morgan fingerprint density at radius 1 is 1.22 bits per heavy atom. The van der Waals surface area contributed by atoms with Gasteiger partial charge in [-0.15, -0.1) is 11.8 Å². The van der Waals surface area contributed by atoms with Gasteiger partial charge >= 0.3 is 0 Å². The molecule has 3 amide bonds. The molecule has 3 heterocycles. The summed E-state index contributed by atoms with van der Waals surface area (Å²) in [5.41, 5.74) is 0.997. The van der Waals surface area contributed by atoms with Gasteiger partial charge in [0.05, 0.1) is 29.2 Å². The van der Waals surface area contributed by atoms with E-state index in [1.54, 1.807) is 16.7 Å². The Bertz CT molecular complexity index is 966. The number of halogens is 1. The number of rotatable bonds is 11. The molecule has 0 radical (unpaired) electrons. The molecule has 198 valence electrons. The van der Waals surface area contributed by atoms with Crippen LogP contribution in [0.2, 0.25) is 0 Å². The third kappa shape index (κ3) is 4.71. The van der Waals surface area contributed by atoms with Crippen molar-refractivity contribution in [3.8, 4) is 0 Å². The van der Waals surface area contributed by atoms with E-state index in [2.05, 4.69) is 33.5 Å². The molecule has 3 unspecified atom stereocenters. The van der Waals surface area contributed by atoms with Crippen LogP contribution in [0, 0.1) is 17.8 Å². The average Bonchev–Trinajstić information content (AvgIpc) is 3.47. The van der Waals surface area contributed by atoms with Gasteiger partial charge in [0, 0.05) is 23.2 Å². The highest BCUT2D eigenvalue weighted by Gasteiger charge is 2.76. The molecule has 0 aromatic heterocycles. The number of likely N-dealkylation sites (tertiary alicyclic amines) is 1. The molecule has 0 saturated carbocycles. The molecule has 4 rings (SSSR count). The number of fused-ring (bicyclic) bond motifs is 1. The van der Waals surface area contributed by atoms with E-state index in [1.165, 1.54) is 0 Å². The van der Waals surface area contributed by atoms with E-state index in [1.807, 2.05) is 44.2 Å². The number of thioether (sulfide) groups is 1. The van der Waals surface area contributed by atoms with Crippen molar-refractivity contribution in [2.24, 2.45) is 17.8 Å². The molecule has 36 heavy (non-hydrogen) atoms. The normalized spacial score (nSPS) is 32.3. The fourth-order valence-corrected chi connectivity index (χ4v) is 9.83. The lowest BCUT2D eigenvalue weighted by Gasteiger charge is -2.39. The van der Waals surface area contributed by atoms with E-state index in [0.717, 1.165) is 24.8 Å². The number of aliphatic hydroxyl groups is 1. The van der Waals surface area contributed by atoms with Crippen LogP contribution >= 0.6 is 27.7 Å². The Labute approximate surface area is 226 Å². The summed E-state index contributed by atoms with van der Waals surface area (Å²) in [4.78, 5) is 43.2. The molecule has 9 heteroatoms. The van der Waals surface area contributed by atoms with Crippen molar-refractivity contribution in [1.82, 2.24) is 15.5 Å². The van der Waals surface area contributed by atoms with Gasteiger partial charge in [-0.25, -0.2) is 0 Å². The van der Waals surface area contributed by atoms with Gasteiger partial charge in [-0.2, -0.15) is 0 Å². The molecule has 0 aliphatic carbocycles. The van der Waals surface area contributed by atoms with Gasteiger partial charge in [0.25, 0.3) is 0 Å². The van der Waals surface area contributed by atoms with E-state index in [0.29, 0.717) is 19.5 Å². The van der Waals surface area contributed by atoms with Gasteiger partial charge in [0.15, 0.2) is 0 Å². The molecule has 3 fully saturated rings. The molecular weight excluding hydrogens is 542 g/mol. The number of hydrogen-bond acceptors (Lipinski definition) is 5. The number of aliphatic hydroxyl groups excluding tert-OH is 1.